The third-order valence-corrected chi connectivity index (χ3v) is 4.44. The Kier molecular flexibility index (Phi) is 4.51. The van der Waals surface area contributed by atoms with Crippen molar-refractivity contribution in [3.63, 3.8) is 0 Å². The number of rotatable bonds is 2. The highest BCUT2D eigenvalue weighted by molar-refractivity contribution is 5.94. The zero-order chi connectivity index (χ0) is 21.7. The SMILES string of the molecule is O=C1NCCn2nc(-c3ccnc(-c4c(C(F)(F)F)cccc4C(F)(F)F)n3)cc21. The minimum Gasteiger partial charge on any atom is -0.349 e. The van der Waals surface area contributed by atoms with Crippen LogP contribution in [0.5, 0.6) is 0 Å². The molecule has 0 unspecified atom stereocenters. The van der Waals surface area contributed by atoms with E-state index in [1.54, 1.807) is 0 Å². The van der Waals surface area contributed by atoms with Crippen LogP contribution in [0.25, 0.3) is 22.8 Å². The number of nitrogens with one attached hydrogen (secondary N) is 1. The van der Waals surface area contributed by atoms with E-state index in [2.05, 4.69) is 20.4 Å². The van der Waals surface area contributed by atoms with Gasteiger partial charge in [0.1, 0.15) is 11.4 Å². The molecule has 1 amide bonds. The molecule has 0 aliphatic carbocycles. The summed E-state index contributed by atoms with van der Waals surface area (Å²) in [4.78, 5) is 19.4. The molecule has 2 aromatic heterocycles. The molecule has 0 atom stereocenters. The highest BCUT2D eigenvalue weighted by atomic mass is 19.4. The van der Waals surface area contributed by atoms with Crippen molar-refractivity contribution in [3.05, 3.63) is 53.3 Å². The minimum atomic E-state index is -5.05. The van der Waals surface area contributed by atoms with E-state index >= 15 is 0 Å². The third kappa shape index (κ3) is 3.48. The van der Waals surface area contributed by atoms with Crippen LogP contribution in [0, 0.1) is 0 Å². The topological polar surface area (TPSA) is 72.7 Å². The first-order valence-electron chi connectivity index (χ1n) is 8.53. The van der Waals surface area contributed by atoms with Gasteiger partial charge in [0.15, 0.2) is 5.82 Å². The quantitative estimate of drug-likeness (QED) is 0.632. The van der Waals surface area contributed by atoms with E-state index in [0.29, 0.717) is 31.3 Å². The van der Waals surface area contributed by atoms with Crippen molar-refractivity contribution < 1.29 is 31.1 Å². The summed E-state index contributed by atoms with van der Waals surface area (Å²) in [7, 11) is 0. The van der Waals surface area contributed by atoms with Gasteiger partial charge in [-0.05, 0) is 24.3 Å². The van der Waals surface area contributed by atoms with E-state index in [9.17, 15) is 31.1 Å². The molecule has 0 fully saturated rings. The number of amides is 1. The van der Waals surface area contributed by atoms with Crippen LogP contribution in [0.4, 0.5) is 26.3 Å². The van der Waals surface area contributed by atoms with Crippen LogP contribution in [0.1, 0.15) is 21.6 Å². The number of hydrogen-bond donors (Lipinski definition) is 1. The number of halogens is 6. The van der Waals surface area contributed by atoms with Gasteiger partial charge in [-0.3, -0.25) is 9.48 Å². The van der Waals surface area contributed by atoms with Gasteiger partial charge in [0, 0.05) is 18.3 Å². The first kappa shape index (κ1) is 19.9. The summed E-state index contributed by atoms with van der Waals surface area (Å²) in [6.45, 7) is 0.712. The average molecular weight is 427 g/mol. The van der Waals surface area contributed by atoms with E-state index < -0.39 is 40.8 Å². The van der Waals surface area contributed by atoms with Crippen LogP contribution >= 0.6 is 0 Å². The maximum atomic E-state index is 13.4. The number of alkyl halides is 6. The Hall–Kier alpha value is -3.44. The molecule has 156 valence electrons. The second-order valence-electron chi connectivity index (χ2n) is 6.38. The maximum absolute atomic E-state index is 13.4. The monoisotopic (exact) mass is 427 g/mol. The molecule has 6 nitrogen and oxygen atoms in total. The van der Waals surface area contributed by atoms with Gasteiger partial charge in [-0.2, -0.15) is 31.4 Å². The predicted molar refractivity (Wildman–Crippen MR) is 91.0 cm³/mol. The van der Waals surface area contributed by atoms with Crippen LogP contribution in [-0.4, -0.2) is 32.2 Å². The fourth-order valence-corrected chi connectivity index (χ4v) is 3.15. The average Bonchev–Trinajstić information content (AvgIpc) is 3.12. The molecule has 3 heterocycles. The smallest absolute Gasteiger partial charge is 0.349 e. The van der Waals surface area contributed by atoms with Crippen molar-refractivity contribution in [2.75, 3.05) is 6.54 Å². The number of benzene rings is 1. The van der Waals surface area contributed by atoms with E-state index in [-0.39, 0.29) is 17.1 Å². The van der Waals surface area contributed by atoms with Crippen LogP contribution in [0.2, 0.25) is 0 Å². The van der Waals surface area contributed by atoms with Crippen molar-refractivity contribution in [1.29, 1.82) is 0 Å². The van der Waals surface area contributed by atoms with E-state index in [0.717, 1.165) is 6.20 Å². The second kappa shape index (κ2) is 6.82. The summed E-state index contributed by atoms with van der Waals surface area (Å²) in [5, 5.41) is 6.78. The lowest BCUT2D eigenvalue weighted by Crippen LogP contribution is -2.35. The molecule has 30 heavy (non-hydrogen) atoms. The molecular weight excluding hydrogens is 416 g/mol. The summed E-state index contributed by atoms with van der Waals surface area (Å²) in [5.41, 5.74) is -3.84. The normalized spacial score (nSPS) is 14.4. The van der Waals surface area contributed by atoms with Crippen LogP contribution in [-0.2, 0) is 18.9 Å². The lowest BCUT2D eigenvalue weighted by atomic mass is 9.99. The van der Waals surface area contributed by atoms with Crippen LogP contribution in [0.3, 0.4) is 0 Å². The van der Waals surface area contributed by atoms with Crippen LogP contribution in [0.15, 0.2) is 36.5 Å². The molecule has 0 spiro atoms. The highest BCUT2D eigenvalue weighted by Gasteiger charge is 2.42. The molecule has 1 aliphatic rings. The highest BCUT2D eigenvalue weighted by Crippen LogP contribution is 2.43. The number of carbonyl (C=O) groups is 1. The van der Waals surface area contributed by atoms with Crippen molar-refractivity contribution in [2.24, 2.45) is 0 Å². The maximum Gasteiger partial charge on any atom is 0.417 e. The summed E-state index contributed by atoms with van der Waals surface area (Å²) in [5.74, 6) is -1.14. The molecule has 12 heteroatoms. The van der Waals surface area contributed by atoms with Gasteiger partial charge in [0.25, 0.3) is 5.91 Å². The number of nitrogens with zero attached hydrogens (tertiary/aromatic N) is 4. The molecule has 1 aromatic carbocycles. The lowest BCUT2D eigenvalue weighted by molar-refractivity contribution is -0.142. The Morgan fingerprint density at radius 1 is 0.967 bits per heavy atom. The third-order valence-electron chi connectivity index (χ3n) is 4.44. The van der Waals surface area contributed by atoms with Crippen molar-refractivity contribution in [1.82, 2.24) is 25.1 Å². The summed E-state index contributed by atoms with van der Waals surface area (Å²) in [6.07, 6.45) is -9.06. The fourth-order valence-electron chi connectivity index (χ4n) is 3.15. The van der Waals surface area contributed by atoms with Gasteiger partial charge in [-0.15, -0.1) is 0 Å². The van der Waals surface area contributed by atoms with Crippen molar-refractivity contribution in [3.8, 4) is 22.8 Å². The lowest BCUT2D eigenvalue weighted by Gasteiger charge is -2.17. The molecule has 1 N–H and O–H groups in total. The van der Waals surface area contributed by atoms with Gasteiger partial charge in [-0.1, -0.05) is 6.07 Å². The molecule has 1 aliphatic heterocycles. The van der Waals surface area contributed by atoms with E-state index in [1.807, 2.05) is 0 Å². The second-order valence-corrected chi connectivity index (χ2v) is 6.38. The molecule has 0 radical (unpaired) electrons. The summed E-state index contributed by atoms with van der Waals surface area (Å²) >= 11 is 0. The van der Waals surface area contributed by atoms with Gasteiger partial charge < -0.3 is 5.32 Å². The largest absolute Gasteiger partial charge is 0.417 e. The predicted octanol–water partition coefficient (Wildman–Crippen LogP) is 3.79. The summed E-state index contributed by atoms with van der Waals surface area (Å²) < 4.78 is 82.0. The first-order chi connectivity index (χ1) is 14.1. The van der Waals surface area contributed by atoms with Crippen molar-refractivity contribution in [2.45, 2.75) is 18.9 Å². The molecule has 3 aromatic rings. The molecule has 0 saturated carbocycles. The van der Waals surface area contributed by atoms with Gasteiger partial charge in [0.05, 0.1) is 23.4 Å². The number of aromatic nitrogens is 4. The number of hydrogen-bond acceptors (Lipinski definition) is 4. The molecular formula is C18H11F6N5O. The standard InChI is InChI=1S/C18H11F6N5O/c19-17(20,21)9-2-1-3-10(18(22,23)24)14(9)15-25-5-4-11(27-15)12-8-13-16(30)26-6-7-29(13)28-12/h1-5,8H,6-7H2,(H,26,30). The fraction of sp³-hybridized carbons (Fsp3) is 0.222. The zero-order valence-corrected chi connectivity index (χ0v) is 14.8. The molecule has 0 saturated heterocycles. The van der Waals surface area contributed by atoms with Crippen molar-refractivity contribution >= 4 is 5.91 Å². The first-order valence-corrected chi connectivity index (χ1v) is 8.53. The summed E-state index contributed by atoms with van der Waals surface area (Å²) in [6, 6.07) is 4.42. The van der Waals surface area contributed by atoms with Gasteiger partial charge in [0.2, 0.25) is 0 Å². The van der Waals surface area contributed by atoms with E-state index in [4.69, 9.17) is 0 Å². The Balaban J connectivity index is 1.89. The minimum absolute atomic E-state index is 0.0141. The van der Waals surface area contributed by atoms with Gasteiger partial charge in [-0.25, -0.2) is 9.97 Å². The Morgan fingerprint density at radius 3 is 2.23 bits per heavy atom. The van der Waals surface area contributed by atoms with Crippen LogP contribution < -0.4 is 5.32 Å². The Morgan fingerprint density at radius 2 is 1.63 bits per heavy atom. The van der Waals surface area contributed by atoms with Gasteiger partial charge >= 0.3 is 12.4 Å². The number of carbonyl (C=O) groups excluding carboxylic acids is 1. The Bertz CT molecular complexity index is 1100. The zero-order valence-electron chi connectivity index (χ0n) is 14.8. The van der Waals surface area contributed by atoms with E-state index in [1.165, 1.54) is 16.8 Å². The molecule has 0 bridgehead atoms. The molecule has 4 rings (SSSR count). The number of fused-ring (bicyclic) bond motifs is 1. The Labute approximate surface area is 164 Å².